The first-order chi connectivity index (χ1) is 27.9. The van der Waals surface area contributed by atoms with Crippen molar-refractivity contribution in [2.24, 2.45) is 17.8 Å². The van der Waals surface area contributed by atoms with Gasteiger partial charge in [-0.25, -0.2) is 0 Å². The monoisotopic (exact) mass is 876 g/mol. The molecule has 0 saturated carbocycles. The molecule has 5 aromatic rings. The largest absolute Gasteiger partial charge is 0.507 e. The third-order valence-electron chi connectivity index (χ3n) is 11.6. The van der Waals surface area contributed by atoms with Crippen molar-refractivity contribution in [3.8, 4) is 5.75 Å². The van der Waals surface area contributed by atoms with Crippen molar-refractivity contribution in [1.29, 1.82) is 0 Å². The third kappa shape index (κ3) is 8.34. The Bertz CT molecular complexity index is 2240. The molecule has 4 atom stereocenters. The summed E-state index contributed by atoms with van der Waals surface area (Å²) in [6, 6.07) is 35.2. The van der Waals surface area contributed by atoms with Gasteiger partial charge in [0.1, 0.15) is 5.75 Å². The van der Waals surface area contributed by atoms with Gasteiger partial charge in [-0.2, -0.15) is 0 Å². The molecule has 0 radical (unpaired) electrons. The van der Waals surface area contributed by atoms with Crippen LogP contribution in [0.2, 0.25) is 5.04 Å². The van der Waals surface area contributed by atoms with Crippen molar-refractivity contribution in [3.05, 3.63) is 153 Å². The number of imide groups is 1. The lowest BCUT2D eigenvalue weighted by Crippen LogP contribution is -2.66. The number of aliphatic hydroxyl groups is 2. The van der Waals surface area contributed by atoms with Crippen LogP contribution in [0.4, 0.5) is 0 Å². The SMILES string of the molecule is CC(C)(C)[Si](OCC1=C([C@H](O)CC/C(=C/c2cc(Br)ccc2O)c2ccccn2)[C@H](CO)[C@@H]2C(=O)N(Cc3cccs3)C(=O)[C@@H]2C1)(c1ccccc1)c1ccccc1. The molecule has 0 unspecified atom stereocenters. The fraction of sp³-hybridized carbons (Fsp3) is 0.298. The van der Waals surface area contributed by atoms with Gasteiger partial charge < -0.3 is 19.7 Å². The predicted octanol–water partition coefficient (Wildman–Crippen LogP) is 7.98. The van der Waals surface area contributed by atoms with Crippen molar-refractivity contribution in [2.75, 3.05) is 13.2 Å². The molecule has 3 aromatic carbocycles. The summed E-state index contributed by atoms with van der Waals surface area (Å²) in [6.45, 7) is 6.47. The zero-order valence-electron chi connectivity index (χ0n) is 32.9. The number of amides is 2. The van der Waals surface area contributed by atoms with E-state index < -0.39 is 38.8 Å². The number of thiophene rings is 1. The lowest BCUT2D eigenvalue weighted by molar-refractivity contribution is -0.140. The van der Waals surface area contributed by atoms with Gasteiger partial charge in [0.2, 0.25) is 11.8 Å². The molecule has 7 rings (SSSR count). The molecule has 0 bridgehead atoms. The minimum Gasteiger partial charge on any atom is -0.507 e. The fourth-order valence-corrected chi connectivity index (χ4v) is 14.5. The Kier molecular flexibility index (Phi) is 12.8. The van der Waals surface area contributed by atoms with Gasteiger partial charge in [0.05, 0.1) is 43.4 Å². The molecule has 2 amide bonds. The number of pyridine rings is 1. The summed E-state index contributed by atoms with van der Waals surface area (Å²) in [4.78, 5) is 35.4. The number of carbonyl (C=O) groups is 2. The molecule has 300 valence electrons. The highest BCUT2D eigenvalue weighted by Gasteiger charge is 2.56. The molecule has 58 heavy (non-hydrogen) atoms. The Hall–Kier alpha value is -4.49. The molecular formula is C47H49BrN2O6SSi. The molecule has 1 fully saturated rings. The van der Waals surface area contributed by atoms with Gasteiger partial charge in [0.15, 0.2) is 0 Å². The molecule has 3 N–H and O–H groups in total. The maximum absolute atomic E-state index is 14.3. The number of aliphatic hydroxyl groups excluding tert-OH is 2. The predicted molar refractivity (Wildman–Crippen MR) is 236 cm³/mol. The highest BCUT2D eigenvalue weighted by Crippen LogP contribution is 2.48. The molecule has 8 nitrogen and oxygen atoms in total. The van der Waals surface area contributed by atoms with Gasteiger partial charge >= 0.3 is 0 Å². The fourth-order valence-electron chi connectivity index (χ4n) is 8.93. The number of aromatic nitrogens is 1. The summed E-state index contributed by atoms with van der Waals surface area (Å²) in [5.74, 6) is -2.78. The summed E-state index contributed by atoms with van der Waals surface area (Å²) in [5, 5.41) is 38.2. The number of benzene rings is 3. The van der Waals surface area contributed by atoms with Gasteiger partial charge in [0.25, 0.3) is 8.32 Å². The summed E-state index contributed by atoms with van der Waals surface area (Å²) in [7, 11) is -3.07. The molecule has 3 heterocycles. The Balaban J connectivity index is 1.30. The van der Waals surface area contributed by atoms with Crippen molar-refractivity contribution < 1.29 is 29.3 Å². The number of fused-ring (bicyclic) bond motifs is 1. The van der Waals surface area contributed by atoms with Crippen LogP contribution >= 0.6 is 27.3 Å². The van der Waals surface area contributed by atoms with Crippen LogP contribution in [0, 0.1) is 17.8 Å². The van der Waals surface area contributed by atoms with E-state index in [9.17, 15) is 24.9 Å². The number of halogens is 1. The third-order valence-corrected chi connectivity index (χ3v) is 17.9. The van der Waals surface area contributed by atoms with E-state index >= 15 is 0 Å². The van der Waals surface area contributed by atoms with Crippen LogP contribution in [0.25, 0.3) is 11.6 Å². The zero-order chi connectivity index (χ0) is 41.0. The Morgan fingerprint density at radius 2 is 1.66 bits per heavy atom. The first kappa shape index (κ1) is 41.7. The van der Waals surface area contributed by atoms with Crippen LogP contribution in [-0.2, 0) is 20.6 Å². The van der Waals surface area contributed by atoms with E-state index in [0.29, 0.717) is 23.3 Å². The second-order valence-electron chi connectivity index (χ2n) is 16.1. The quantitative estimate of drug-likeness (QED) is 0.0588. The summed E-state index contributed by atoms with van der Waals surface area (Å²) in [6.07, 6.45) is 3.31. The second kappa shape index (κ2) is 17.8. The van der Waals surface area contributed by atoms with E-state index in [-0.39, 0.29) is 48.6 Å². The number of phenols is 1. The van der Waals surface area contributed by atoms with Crippen molar-refractivity contribution in [3.63, 3.8) is 0 Å². The van der Waals surface area contributed by atoms with Gasteiger partial charge in [-0.3, -0.25) is 19.5 Å². The lowest BCUT2D eigenvalue weighted by Gasteiger charge is -2.44. The van der Waals surface area contributed by atoms with Gasteiger partial charge in [-0.15, -0.1) is 11.3 Å². The number of allylic oxidation sites excluding steroid dienone is 1. The first-order valence-electron chi connectivity index (χ1n) is 19.7. The highest BCUT2D eigenvalue weighted by atomic mass is 79.9. The van der Waals surface area contributed by atoms with Crippen LogP contribution in [0.15, 0.2) is 136 Å². The van der Waals surface area contributed by atoms with E-state index in [0.717, 1.165) is 30.9 Å². The average molecular weight is 878 g/mol. The maximum Gasteiger partial charge on any atom is 0.261 e. The summed E-state index contributed by atoms with van der Waals surface area (Å²) >= 11 is 5.00. The Morgan fingerprint density at radius 1 is 0.966 bits per heavy atom. The number of nitrogens with zero attached hydrogens (tertiary/aromatic N) is 2. The van der Waals surface area contributed by atoms with Crippen LogP contribution in [0.3, 0.4) is 0 Å². The number of likely N-dealkylation sites (tertiary alicyclic amines) is 1. The van der Waals surface area contributed by atoms with Gasteiger partial charge in [0, 0.05) is 27.0 Å². The number of phenolic OH excluding ortho intramolecular Hbond substituents is 1. The number of hydrogen-bond acceptors (Lipinski definition) is 8. The molecule has 1 aliphatic carbocycles. The van der Waals surface area contributed by atoms with Crippen molar-refractivity contribution >= 4 is 69.4 Å². The molecule has 1 saturated heterocycles. The summed E-state index contributed by atoms with van der Waals surface area (Å²) < 4.78 is 8.23. The van der Waals surface area contributed by atoms with Crippen molar-refractivity contribution in [2.45, 2.75) is 57.7 Å². The Morgan fingerprint density at radius 3 is 2.26 bits per heavy atom. The number of hydrogen-bond donors (Lipinski definition) is 3. The smallest absolute Gasteiger partial charge is 0.261 e. The van der Waals surface area contributed by atoms with Crippen molar-refractivity contribution in [1.82, 2.24) is 9.88 Å². The molecule has 2 aromatic heterocycles. The molecule has 0 spiro atoms. The van der Waals surface area contributed by atoms with E-state index in [1.165, 1.54) is 16.2 Å². The van der Waals surface area contributed by atoms with Crippen LogP contribution in [-0.4, -0.2) is 64.7 Å². The van der Waals surface area contributed by atoms with E-state index in [2.05, 4.69) is 66.0 Å². The molecule has 1 aliphatic heterocycles. The molecule has 11 heteroatoms. The van der Waals surface area contributed by atoms with E-state index in [4.69, 9.17) is 4.43 Å². The zero-order valence-corrected chi connectivity index (χ0v) is 36.3. The Labute approximate surface area is 353 Å². The second-order valence-corrected chi connectivity index (χ2v) is 22.4. The van der Waals surface area contributed by atoms with E-state index in [1.807, 2.05) is 84.3 Å². The van der Waals surface area contributed by atoms with Gasteiger partial charge in [-0.1, -0.05) is 109 Å². The van der Waals surface area contributed by atoms with Crippen LogP contribution in [0.5, 0.6) is 5.75 Å². The normalized spacial score (nSPS) is 19.4. The first-order valence-corrected chi connectivity index (χ1v) is 23.2. The molecule has 2 aliphatic rings. The number of rotatable bonds is 14. The minimum atomic E-state index is -3.07. The minimum absolute atomic E-state index is 0.109. The van der Waals surface area contributed by atoms with Crippen LogP contribution < -0.4 is 10.4 Å². The highest BCUT2D eigenvalue weighted by molar-refractivity contribution is 9.10. The van der Waals surface area contributed by atoms with E-state index in [1.54, 1.807) is 18.3 Å². The summed E-state index contributed by atoms with van der Waals surface area (Å²) in [5.41, 5.74) is 3.39. The number of aromatic hydroxyl groups is 1. The topological polar surface area (TPSA) is 120 Å². The maximum atomic E-state index is 14.3. The van der Waals surface area contributed by atoms with Gasteiger partial charge in [-0.05, 0) is 99.2 Å². The average Bonchev–Trinajstić information content (AvgIpc) is 3.83. The molecular weight excluding hydrogens is 829 g/mol. The van der Waals surface area contributed by atoms with Crippen LogP contribution in [0.1, 0.15) is 56.2 Å². The number of carbonyl (C=O) groups excluding carboxylic acids is 2. The lowest BCUT2D eigenvalue weighted by atomic mass is 9.68. The standard InChI is InChI=1S/C47H49BrN2O6SSi/c1-47(2,3)58(36-14-6-4-7-15-36,37-16-8-5-9-17-37)56-30-33-27-38-44(46(55)50(45(38)54)28-35-13-12-24-57-35)39(29-51)43(33)42(53)21-19-31(40-18-10-11-23-49-40)25-32-26-34(48)20-22-41(32)52/h4-18,20,22-26,38-39,42,44,51-53H,19,21,27-30H2,1-3H3/b31-25-/t38-,39+,42-,44-/m1/s1.